The third-order valence-corrected chi connectivity index (χ3v) is 3.89. The Morgan fingerprint density at radius 3 is 2.78 bits per heavy atom. The van der Waals surface area contributed by atoms with Crippen LogP contribution in [0.25, 0.3) is 0 Å². The van der Waals surface area contributed by atoms with Crippen LogP contribution in [-0.4, -0.2) is 36.7 Å². The van der Waals surface area contributed by atoms with Crippen molar-refractivity contribution in [3.8, 4) is 5.75 Å². The summed E-state index contributed by atoms with van der Waals surface area (Å²) in [7, 11) is 2.09. The van der Waals surface area contributed by atoms with Crippen molar-refractivity contribution in [2.75, 3.05) is 20.1 Å². The average Bonchev–Trinajstić information content (AvgIpc) is 2.35. The van der Waals surface area contributed by atoms with Gasteiger partial charge in [0.25, 0.3) is 5.91 Å². The molecule has 4 nitrogen and oxygen atoms in total. The summed E-state index contributed by atoms with van der Waals surface area (Å²) in [5, 5.41) is 3.05. The summed E-state index contributed by atoms with van der Waals surface area (Å²) in [4.78, 5) is 14.4. The van der Waals surface area contributed by atoms with E-state index < -0.39 is 5.72 Å². The van der Waals surface area contributed by atoms with E-state index in [0.29, 0.717) is 5.56 Å². The molecule has 1 saturated heterocycles. The molecular weight excluding hydrogens is 228 g/mol. The molecule has 4 heteroatoms. The van der Waals surface area contributed by atoms with Gasteiger partial charge >= 0.3 is 0 Å². The molecule has 2 aliphatic heterocycles. The van der Waals surface area contributed by atoms with E-state index in [0.717, 1.165) is 37.2 Å². The second kappa shape index (κ2) is 3.99. The first kappa shape index (κ1) is 11.5. The molecule has 3 rings (SSSR count). The third kappa shape index (κ3) is 1.77. The second-order valence-electron chi connectivity index (χ2n) is 5.31. The van der Waals surface area contributed by atoms with Gasteiger partial charge in [-0.1, -0.05) is 12.1 Å². The van der Waals surface area contributed by atoms with Gasteiger partial charge in [0.05, 0.1) is 5.56 Å². The number of benzene rings is 1. The number of hydrogen-bond donors (Lipinski definition) is 1. The monoisotopic (exact) mass is 246 g/mol. The highest BCUT2D eigenvalue weighted by atomic mass is 16.5. The summed E-state index contributed by atoms with van der Waals surface area (Å²) in [6, 6.07) is 5.70. The van der Waals surface area contributed by atoms with Gasteiger partial charge in [-0.2, -0.15) is 0 Å². The Morgan fingerprint density at radius 1 is 1.33 bits per heavy atom. The molecule has 1 spiro atoms. The summed E-state index contributed by atoms with van der Waals surface area (Å²) in [6.45, 7) is 3.88. The summed E-state index contributed by atoms with van der Waals surface area (Å²) >= 11 is 0. The summed E-state index contributed by atoms with van der Waals surface area (Å²) in [5.74, 6) is 0.746. The molecule has 0 atom stereocenters. The molecule has 2 aliphatic rings. The molecule has 0 saturated carbocycles. The van der Waals surface area contributed by atoms with Crippen molar-refractivity contribution in [1.29, 1.82) is 0 Å². The van der Waals surface area contributed by atoms with Crippen LogP contribution in [0.2, 0.25) is 0 Å². The molecule has 0 aliphatic carbocycles. The Bertz CT molecular complexity index is 491. The maximum atomic E-state index is 12.2. The number of rotatable bonds is 0. The molecule has 0 bridgehead atoms. The first-order chi connectivity index (χ1) is 8.60. The average molecular weight is 246 g/mol. The summed E-state index contributed by atoms with van der Waals surface area (Å²) in [5.41, 5.74) is 1.18. The molecule has 96 valence electrons. The van der Waals surface area contributed by atoms with Crippen LogP contribution in [0.4, 0.5) is 0 Å². The molecule has 1 aromatic carbocycles. The number of para-hydroxylation sites is 1. The fraction of sp³-hybridized carbons (Fsp3) is 0.500. The topological polar surface area (TPSA) is 41.6 Å². The van der Waals surface area contributed by atoms with Gasteiger partial charge in [-0.25, -0.2) is 0 Å². The summed E-state index contributed by atoms with van der Waals surface area (Å²) in [6.07, 6.45) is 1.67. The van der Waals surface area contributed by atoms with Crippen LogP contribution in [0.3, 0.4) is 0 Å². The molecule has 1 N–H and O–H groups in total. The third-order valence-electron chi connectivity index (χ3n) is 3.89. The lowest BCUT2D eigenvalue weighted by Gasteiger charge is -2.44. The smallest absolute Gasteiger partial charge is 0.258 e. The number of piperidine rings is 1. The lowest BCUT2D eigenvalue weighted by molar-refractivity contribution is -0.0247. The van der Waals surface area contributed by atoms with Crippen molar-refractivity contribution in [2.24, 2.45) is 0 Å². The first-order valence-electron chi connectivity index (χ1n) is 6.39. The fourth-order valence-electron chi connectivity index (χ4n) is 2.67. The van der Waals surface area contributed by atoms with Crippen LogP contribution in [-0.2, 0) is 0 Å². The zero-order valence-electron chi connectivity index (χ0n) is 10.8. The number of ether oxygens (including phenoxy) is 1. The van der Waals surface area contributed by atoms with Crippen LogP contribution in [0.1, 0.15) is 28.8 Å². The number of carbonyl (C=O) groups excluding carboxylic acids is 1. The number of nitrogens with zero attached hydrogens (tertiary/aromatic N) is 1. The molecule has 0 unspecified atom stereocenters. The van der Waals surface area contributed by atoms with Crippen molar-refractivity contribution < 1.29 is 9.53 Å². The minimum absolute atomic E-state index is 0.00972. The number of fused-ring (bicyclic) bond motifs is 1. The van der Waals surface area contributed by atoms with Crippen molar-refractivity contribution in [3.05, 3.63) is 29.3 Å². The normalized spacial score (nSPS) is 22.2. The van der Waals surface area contributed by atoms with Gasteiger partial charge < -0.3 is 15.0 Å². The van der Waals surface area contributed by atoms with E-state index >= 15 is 0 Å². The molecule has 18 heavy (non-hydrogen) atoms. The Labute approximate surface area is 107 Å². The number of carbonyl (C=O) groups is 1. The maximum Gasteiger partial charge on any atom is 0.258 e. The molecule has 0 aromatic heterocycles. The van der Waals surface area contributed by atoms with E-state index in [1.54, 1.807) is 0 Å². The summed E-state index contributed by atoms with van der Waals surface area (Å²) < 4.78 is 6.15. The predicted octanol–water partition coefficient (Wildman–Crippen LogP) is 1.54. The van der Waals surface area contributed by atoms with E-state index in [2.05, 4.69) is 17.3 Å². The predicted molar refractivity (Wildman–Crippen MR) is 68.7 cm³/mol. The van der Waals surface area contributed by atoms with Gasteiger partial charge in [0, 0.05) is 25.9 Å². The van der Waals surface area contributed by atoms with E-state index in [4.69, 9.17) is 4.74 Å². The number of aryl methyl sites for hydroxylation is 1. The van der Waals surface area contributed by atoms with Crippen molar-refractivity contribution in [3.63, 3.8) is 0 Å². The van der Waals surface area contributed by atoms with Crippen LogP contribution in [0.5, 0.6) is 5.75 Å². The minimum atomic E-state index is -0.497. The number of likely N-dealkylation sites (tertiary alicyclic amines) is 1. The van der Waals surface area contributed by atoms with Gasteiger partial charge in [0.15, 0.2) is 5.72 Å². The Kier molecular flexibility index (Phi) is 2.55. The number of nitrogens with one attached hydrogen (secondary N) is 1. The number of hydrogen-bond acceptors (Lipinski definition) is 3. The zero-order chi connectivity index (χ0) is 12.8. The first-order valence-corrected chi connectivity index (χ1v) is 6.39. The van der Waals surface area contributed by atoms with Gasteiger partial charge in [0.1, 0.15) is 5.75 Å². The van der Waals surface area contributed by atoms with Gasteiger partial charge in [-0.3, -0.25) is 4.79 Å². The number of amides is 1. The van der Waals surface area contributed by atoms with Crippen LogP contribution in [0, 0.1) is 6.92 Å². The quantitative estimate of drug-likeness (QED) is 0.755. The van der Waals surface area contributed by atoms with Crippen molar-refractivity contribution in [2.45, 2.75) is 25.5 Å². The van der Waals surface area contributed by atoms with Crippen molar-refractivity contribution in [1.82, 2.24) is 10.2 Å². The Balaban J connectivity index is 1.96. The fourth-order valence-corrected chi connectivity index (χ4v) is 2.67. The molecule has 1 fully saturated rings. The molecule has 1 amide bonds. The van der Waals surface area contributed by atoms with E-state index in [9.17, 15) is 4.79 Å². The Morgan fingerprint density at radius 2 is 2.06 bits per heavy atom. The van der Waals surface area contributed by atoms with Crippen LogP contribution in [0.15, 0.2) is 18.2 Å². The van der Waals surface area contributed by atoms with Crippen LogP contribution < -0.4 is 10.1 Å². The van der Waals surface area contributed by atoms with Crippen LogP contribution >= 0.6 is 0 Å². The highest BCUT2D eigenvalue weighted by Gasteiger charge is 2.42. The largest absolute Gasteiger partial charge is 0.467 e. The molecule has 2 heterocycles. The van der Waals surface area contributed by atoms with E-state index in [-0.39, 0.29) is 5.91 Å². The van der Waals surface area contributed by atoms with E-state index in [1.807, 2.05) is 25.1 Å². The van der Waals surface area contributed by atoms with Gasteiger partial charge in [0.2, 0.25) is 0 Å². The van der Waals surface area contributed by atoms with Gasteiger partial charge in [-0.15, -0.1) is 0 Å². The minimum Gasteiger partial charge on any atom is -0.467 e. The highest BCUT2D eigenvalue weighted by molar-refractivity contribution is 5.98. The zero-order valence-corrected chi connectivity index (χ0v) is 10.8. The molecule has 0 radical (unpaired) electrons. The van der Waals surface area contributed by atoms with E-state index in [1.165, 1.54) is 0 Å². The lowest BCUT2D eigenvalue weighted by Crippen LogP contribution is -2.60. The maximum absolute atomic E-state index is 12.2. The standard InChI is InChI=1S/C14H18N2O2/c1-10-4-3-5-11-12(10)18-14(15-13(11)17)6-8-16(2)9-7-14/h3-5H,6-9H2,1-2H3,(H,15,17). The molecule has 1 aromatic rings. The van der Waals surface area contributed by atoms with Crippen molar-refractivity contribution >= 4 is 5.91 Å². The highest BCUT2D eigenvalue weighted by Crippen LogP contribution is 2.35. The Hall–Kier alpha value is -1.55. The van der Waals surface area contributed by atoms with Gasteiger partial charge in [-0.05, 0) is 25.6 Å². The second-order valence-corrected chi connectivity index (χ2v) is 5.31. The SMILES string of the molecule is Cc1cccc2c1OC1(CCN(C)CC1)NC2=O. The lowest BCUT2D eigenvalue weighted by atomic mass is 9.96. The molecular formula is C14H18N2O2.